The van der Waals surface area contributed by atoms with E-state index < -0.39 is 0 Å². The normalized spacial score (nSPS) is 3.83. The van der Waals surface area contributed by atoms with Crippen LogP contribution in [0.5, 0.6) is 0 Å². The minimum atomic E-state index is 0.611. The van der Waals surface area contributed by atoms with E-state index in [-0.39, 0.29) is 0 Å². The SMILES string of the molecule is C=CC=C.[O]=[AlH]. The molecule has 0 aliphatic carbocycles. The molecule has 0 N–H and O–H groups in total. The van der Waals surface area contributed by atoms with Gasteiger partial charge in [0.1, 0.15) is 0 Å². The zero-order valence-electron chi connectivity index (χ0n) is 3.68. The van der Waals surface area contributed by atoms with Gasteiger partial charge in [-0.3, -0.25) is 0 Å². The van der Waals surface area contributed by atoms with Crippen LogP contribution in [-0.4, -0.2) is 16.2 Å². The molecule has 0 spiro atoms. The third-order valence-corrected chi connectivity index (χ3v) is 0.167. The Hall–Kier alpha value is -0.188. The first kappa shape index (κ1) is 9.26. The van der Waals surface area contributed by atoms with Gasteiger partial charge < -0.3 is 0 Å². The molecule has 6 heavy (non-hydrogen) atoms. The Morgan fingerprint density at radius 1 is 1.17 bits per heavy atom. The molecule has 0 radical (unpaired) electrons. The van der Waals surface area contributed by atoms with Gasteiger partial charge in [0, 0.05) is 0 Å². The van der Waals surface area contributed by atoms with Crippen molar-refractivity contribution in [3.8, 4) is 0 Å². The summed E-state index contributed by atoms with van der Waals surface area (Å²) in [6, 6.07) is 0. The topological polar surface area (TPSA) is 17.1 Å². The van der Waals surface area contributed by atoms with E-state index in [0.29, 0.717) is 16.2 Å². The standard InChI is InChI=1S/C4H6.Al.O.H/c1-3-4-2;;;/h3-4H,1-2H2;;;. The monoisotopic (exact) mass is 98.0 g/mol. The first-order valence-electron chi connectivity index (χ1n) is 1.44. The molecule has 0 unspecified atom stereocenters. The molecule has 0 heterocycles. The van der Waals surface area contributed by atoms with Gasteiger partial charge in [0.15, 0.2) is 0 Å². The van der Waals surface area contributed by atoms with Gasteiger partial charge in [0.25, 0.3) is 0 Å². The molecule has 0 saturated carbocycles. The van der Waals surface area contributed by atoms with Crippen LogP contribution in [0.4, 0.5) is 0 Å². The Labute approximate surface area is 46.0 Å². The van der Waals surface area contributed by atoms with E-state index >= 15 is 0 Å². The van der Waals surface area contributed by atoms with Crippen molar-refractivity contribution in [2.45, 2.75) is 0 Å². The van der Waals surface area contributed by atoms with Gasteiger partial charge in [-0.2, -0.15) is 0 Å². The van der Waals surface area contributed by atoms with Gasteiger partial charge in [0.05, 0.1) is 0 Å². The van der Waals surface area contributed by atoms with Crippen molar-refractivity contribution in [1.29, 1.82) is 0 Å². The van der Waals surface area contributed by atoms with Crippen LogP contribution in [0.15, 0.2) is 25.3 Å². The van der Waals surface area contributed by atoms with Crippen LogP contribution in [-0.2, 0) is 3.80 Å². The second-order valence-electron chi connectivity index (χ2n) is 0.471. The minimum absolute atomic E-state index is 0.611. The van der Waals surface area contributed by atoms with Gasteiger partial charge in [-0.1, -0.05) is 25.3 Å². The first-order chi connectivity index (χ1) is 2.91. The molecule has 0 atom stereocenters. The zero-order valence-corrected chi connectivity index (χ0v) is 5.10. The van der Waals surface area contributed by atoms with Gasteiger partial charge in [0.2, 0.25) is 0 Å². The fourth-order valence-electron chi connectivity index (χ4n) is 0. The fourth-order valence-corrected chi connectivity index (χ4v) is 0. The Bertz CT molecular complexity index is 36.8. The summed E-state index contributed by atoms with van der Waals surface area (Å²) in [5, 5.41) is 0. The maximum absolute atomic E-state index is 8.28. The Morgan fingerprint density at radius 2 is 1.33 bits per heavy atom. The van der Waals surface area contributed by atoms with E-state index in [4.69, 9.17) is 3.80 Å². The molecular weight excluding hydrogens is 91.0 g/mol. The van der Waals surface area contributed by atoms with Crippen LogP contribution < -0.4 is 0 Å². The quantitative estimate of drug-likeness (QED) is 0.346. The molecule has 0 aromatic rings. The predicted octanol–water partition coefficient (Wildman–Crippen LogP) is 0.591. The molecular formula is C4H7AlO. The van der Waals surface area contributed by atoms with Crippen molar-refractivity contribution in [2.75, 3.05) is 0 Å². The molecule has 0 aromatic carbocycles. The average molecular weight is 98.1 g/mol. The van der Waals surface area contributed by atoms with E-state index in [0.717, 1.165) is 0 Å². The third kappa shape index (κ3) is 45.7. The molecule has 0 bridgehead atoms. The van der Waals surface area contributed by atoms with E-state index in [9.17, 15) is 0 Å². The second-order valence-corrected chi connectivity index (χ2v) is 0.471. The van der Waals surface area contributed by atoms with E-state index in [2.05, 4.69) is 13.2 Å². The molecule has 0 aliphatic rings. The molecule has 1 nitrogen and oxygen atoms in total. The van der Waals surface area contributed by atoms with Crippen LogP contribution in [0, 0.1) is 0 Å². The third-order valence-electron chi connectivity index (χ3n) is 0.167. The molecule has 0 saturated heterocycles. The summed E-state index contributed by atoms with van der Waals surface area (Å²) < 4.78 is 8.28. The molecule has 0 rings (SSSR count). The molecule has 32 valence electrons. The van der Waals surface area contributed by atoms with Crippen LogP contribution in [0.1, 0.15) is 0 Å². The van der Waals surface area contributed by atoms with Crippen molar-refractivity contribution < 1.29 is 3.80 Å². The van der Waals surface area contributed by atoms with Crippen molar-refractivity contribution in [3.63, 3.8) is 0 Å². The maximum atomic E-state index is 8.28. The van der Waals surface area contributed by atoms with E-state index in [1.54, 1.807) is 12.2 Å². The summed E-state index contributed by atoms with van der Waals surface area (Å²) >= 11 is 0.611. The van der Waals surface area contributed by atoms with Crippen LogP contribution >= 0.6 is 0 Å². The average Bonchev–Trinajstić information content (AvgIpc) is 1.72. The number of hydrogen-bond acceptors (Lipinski definition) is 1. The van der Waals surface area contributed by atoms with E-state index in [1.165, 1.54) is 0 Å². The van der Waals surface area contributed by atoms with E-state index in [1.807, 2.05) is 0 Å². The Kier molecular flexibility index (Phi) is 32.9. The summed E-state index contributed by atoms with van der Waals surface area (Å²) in [7, 11) is 0. The van der Waals surface area contributed by atoms with Crippen molar-refractivity contribution in [2.24, 2.45) is 0 Å². The van der Waals surface area contributed by atoms with Crippen molar-refractivity contribution >= 4 is 16.2 Å². The summed E-state index contributed by atoms with van der Waals surface area (Å²) in [5.74, 6) is 0. The fraction of sp³-hybridized carbons (Fsp3) is 0. The van der Waals surface area contributed by atoms with Crippen LogP contribution in [0.25, 0.3) is 0 Å². The van der Waals surface area contributed by atoms with Gasteiger partial charge in [-0.15, -0.1) is 0 Å². The summed E-state index contributed by atoms with van der Waals surface area (Å²) in [6.07, 6.45) is 3.28. The molecule has 2 heteroatoms. The van der Waals surface area contributed by atoms with Gasteiger partial charge in [-0.25, -0.2) is 0 Å². The Balaban J connectivity index is 0. The number of hydrogen-bond donors (Lipinski definition) is 0. The number of allylic oxidation sites excluding steroid dienone is 2. The molecule has 0 aliphatic heterocycles. The molecule has 0 amide bonds. The molecule has 0 fully saturated rings. The van der Waals surface area contributed by atoms with Gasteiger partial charge >= 0.3 is 20.0 Å². The Morgan fingerprint density at radius 3 is 1.33 bits per heavy atom. The van der Waals surface area contributed by atoms with Crippen molar-refractivity contribution in [3.05, 3.63) is 25.3 Å². The summed E-state index contributed by atoms with van der Waals surface area (Å²) in [5.41, 5.74) is 0. The molecule has 0 aromatic heterocycles. The summed E-state index contributed by atoms with van der Waals surface area (Å²) in [6.45, 7) is 6.72. The summed E-state index contributed by atoms with van der Waals surface area (Å²) in [4.78, 5) is 0. The van der Waals surface area contributed by atoms with Crippen LogP contribution in [0.3, 0.4) is 0 Å². The van der Waals surface area contributed by atoms with Crippen LogP contribution in [0.2, 0.25) is 0 Å². The predicted molar refractivity (Wildman–Crippen MR) is 28.2 cm³/mol. The number of rotatable bonds is 1. The second kappa shape index (κ2) is 21.3. The first-order valence-corrected chi connectivity index (χ1v) is 2.02. The zero-order chi connectivity index (χ0) is 5.41. The van der Waals surface area contributed by atoms with Gasteiger partial charge in [-0.05, 0) is 0 Å². The van der Waals surface area contributed by atoms with Crippen molar-refractivity contribution in [1.82, 2.24) is 0 Å².